The highest BCUT2D eigenvalue weighted by Crippen LogP contribution is 2.21. The van der Waals surface area contributed by atoms with E-state index in [0.29, 0.717) is 43.9 Å². The van der Waals surface area contributed by atoms with Crippen molar-refractivity contribution in [1.29, 1.82) is 0 Å². The molecule has 9 nitrogen and oxygen atoms in total. The first kappa shape index (κ1) is 26.3. The fourth-order valence-electron chi connectivity index (χ4n) is 4.27. The van der Waals surface area contributed by atoms with Crippen LogP contribution < -0.4 is 15.4 Å². The highest BCUT2D eigenvalue weighted by atomic mass is 16.5. The van der Waals surface area contributed by atoms with Gasteiger partial charge in [-0.2, -0.15) is 0 Å². The van der Waals surface area contributed by atoms with Crippen LogP contribution in [-0.4, -0.2) is 74.4 Å². The van der Waals surface area contributed by atoms with Crippen molar-refractivity contribution in [2.24, 2.45) is 11.3 Å². The quantitative estimate of drug-likeness (QED) is 0.538. The summed E-state index contributed by atoms with van der Waals surface area (Å²) in [5.41, 5.74) is 0.531. The number of benzene rings is 1. The minimum Gasteiger partial charge on any atom is -0.484 e. The van der Waals surface area contributed by atoms with Gasteiger partial charge in [0.25, 0.3) is 11.8 Å². The number of likely N-dealkylation sites (tertiary alicyclic amines) is 1. The van der Waals surface area contributed by atoms with Gasteiger partial charge in [-0.1, -0.05) is 19.9 Å². The highest BCUT2D eigenvalue weighted by molar-refractivity contribution is 6.02. The summed E-state index contributed by atoms with van der Waals surface area (Å²) in [6, 6.07) is 10.1. The molecular formula is C26H36N4O5. The van der Waals surface area contributed by atoms with Crippen molar-refractivity contribution in [3.8, 4) is 5.75 Å². The molecule has 190 valence electrons. The largest absolute Gasteiger partial charge is 0.484 e. The second-order valence-corrected chi connectivity index (χ2v) is 10.0. The van der Waals surface area contributed by atoms with E-state index in [1.165, 1.54) is 6.26 Å². The lowest BCUT2D eigenvalue weighted by Gasteiger charge is -2.33. The molecule has 0 aliphatic carbocycles. The van der Waals surface area contributed by atoms with E-state index in [0.717, 1.165) is 6.54 Å². The monoisotopic (exact) mass is 484 g/mol. The summed E-state index contributed by atoms with van der Waals surface area (Å²) in [5.74, 6) is 0.182. The minimum atomic E-state index is -0.364. The molecule has 0 bridgehead atoms. The van der Waals surface area contributed by atoms with Crippen LogP contribution in [0.25, 0.3) is 0 Å². The minimum absolute atomic E-state index is 0.00789. The lowest BCUT2D eigenvalue weighted by Crippen LogP contribution is -2.46. The fraction of sp³-hybridized carbons (Fsp3) is 0.500. The van der Waals surface area contributed by atoms with Crippen LogP contribution in [0, 0.1) is 11.3 Å². The molecule has 3 amide bonds. The van der Waals surface area contributed by atoms with Crippen molar-refractivity contribution in [2.75, 3.05) is 52.2 Å². The zero-order valence-corrected chi connectivity index (χ0v) is 21.0. The van der Waals surface area contributed by atoms with Gasteiger partial charge in [-0.15, -0.1) is 0 Å². The Morgan fingerprint density at radius 3 is 2.54 bits per heavy atom. The summed E-state index contributed by atoms with van der Waals surface area (Å²) in [4.78, 5) is 41.2. The SMILES string of the molecule is CN(C)CC(C)(C)CNC(=O)C1CCN(C(=O)COc2cccc(NC(=O)c3ccco3)c2)CC1. The smallest absolute Gasteiger partial charge is 0.291 e. The van der Waals surface area contributed by atoms with E-state index in [2.05, 4.69) is 29.4 Å². The van der Waals surface area contributed by atoms with Gasteiger partial charge in [0.15, 0.2) is 12.4 Å². The molecule has 1 aliphatic heterocycles. The number of ether oxygens (including phenoxy) is 1. The third-order valence-electron chi connectivity index (χ3n) is 5.90. The Labute approximate surface area is 206 Å². The number of nitrogens with one attached hydrogen (secondary N) is 2. The Kier molecular flexibility index (Phi) is 8.92. The molecule has 1 aromatic carbocycles. The molecule has 1 fully saturated rings. The van der Waals surface area contributed by atoms with Gasteiger partial charge in [-0.3, -0.25) is 14.4 Å². The van der Waals surface area contributed by atoms with Crippen LogP contribution >= 0.6 is 0 Å². The van der Waals surface area contributed by atoms with Gasteiger partial charge in [0.05, 0.1) is 6.26 Å². The van der Waals surface area contributed by atoms with E-state index in [1.54, 1.807) is 41.3 Å². The summed E-state index contributed by atoms with van der Waals surface area (Å²) in [5, 5.41) is 5.82. The second-order valence-electron chi connectivity index (χ2n) is 10.0. The Bertz CT molecular complexity index is 995. The Morgan fingerprint density at radius 1 is 1.14 bits per heavy atom. The molecule has 35 heavy (non-hydrogen) atoms. The number of piperidine rings is 1. The molecule has 3 rings (SSSR count). The number of nitrogens with zero attached hydrogens (tertiary/aromatic N) is 2. The summed E-state index contributed by atoms with van der Waals surface area (Å²) in [7, 11) is 4.05. The van der Waals surface area contributed by atoms with Crippen LogP contribution in [0.3, 0.4) is 0 Å². The summed E-state index contributed by atoms with van der Waals surface area (Å²) in [6.07, 6.45) is 2.71. The molecule has 1 saturated heterocycles. The van der Waals surface area contributed by atoms with Crippen LogP contribution in [0.15, 0.2) is 47.1 Å². The van der Waals surface area contributed by atoms with Crippen molar-refractivity contribution in [2.45, 2.75) is 26.7 Å². The molecule has 0 saturated carbocycles. The predicted octanol–water partition coefficient (Wildman–Crippen LogP) is 2.85. The number of amides is 3. The van der Waals surface area contributed by atoms with Crippen LogP contribution in [-0.2, 0) is 9.59 Å². The van der Waals surface area contributed by atoms with Gasteiger partial charge < -0.3 is 29.6 Å². The molecule has 0 spiro atoms. The van der Waals surface area contributed by atoms with Gasteiger partial charge in [-0.05, 0) is 56.6 Å². The van der Waals surface area contributed by atoms with E-state index >= 15 is 0 Å². The van der Waals surface area contributed by atoms with Crippen molar-refractivity contribution in [3.05, 3.63) is 48.4 Å². The summed E-state index contributed by atoms with van der Waals surface area (Å²) in [6.45, 7) is 6.73. The van der Waals surface area contributed by atoms with Crippen LogP contribution in [0.4, 0.5) is 5.69 Å². The predicted molar refractivity (Wildman–Crippen MR) is 133 cm³/mol. The molecule has 1 aliphatic rings. The second kappa shape index (κ2) is 11.9. The van der Waals surface area contributed by atoms with Crippen molar-refractivity contribution in [3.63, 3.8) is 0 Å². The normalized spacial score (nSPS) is 14.6. The molecule has 9 heteroatoms. The molecule has 2 heterocycles. The molecule has 1 aromatic heterocycles. The van der Waals surface area contributed by atoms with E-state index in [4.69, 9.17) is 9.15 Å². The van der Waals surface area contributed by atoms with Crippen molar-refractivity contribution in [1.82, 2.24) is 15.1 Å². The fourth-order valence-corrected chi connectivity index (χ4v) is 4.27. The zero-order valence-electron chi connectivity index (χ0n) is 21.0. The maximum Gasteiger partial charge on any atom is 0.291 e. The standard InChI is InChI=1S/C26H36N4O5/c1-26(2,18-29(3)4)17-27-24(32)19-10-12-30(13-11-19)23(31)16-35-21-8-5-7-20(15-21)28-25(33)22-9-6-14-34-22/h5-9,14-15,19H,10-13,16-18H2,1-4H3,(H,27,32)(H,28,33). The van der Waals surface area contributed by atoms with Gasteiger partial charge in [0.2, 0.25) is 5.91 Å². The first-order chi connectivity index (χ1) is 16.6. The third kappa shape index (κ3) is 8.13. The molecule has 2 N–H and O–H groups in total. The van der Waals surface area contributed by atoms with Gasteiger partial charge in [0.1, 0.15) is 5.75 Å². The Morgan fingerprint density at radius 2 is 1.89 bits per heavy atom. The van der Waals surface area contributed by atoms with Crippen LogP contribution in [0.2, 0.25) is 0 Å². The topological polar surface area (TPSA) is 104 Å². The molecule has 0 atom stereocenters. The van der Waals surface area contributed by atoms with E-state index < -0.39 is 0 Å². The lowest BCUT2D eigenvalue weighted by atomic mass is 9.91. The zero-order chi connectivity index (χ0) is 25.4. The van der Waals surface area contributed by atoms with Crippen molar-refractivity contribution >= 4 is 23.4 Å². The molecule has 0 radical (unpaired) electrons. The number of furan rings is 1. The Balaban J connectivity index is 1.41. The molecular weight excluding hydrogens is 448 g/mol. The number of anilines is 1. The highest BCUT2D eigenvalue weighted by Gasteiger charge is 2.29. The number of carbonyl (C=O) groups excluding carboxylic acids is 3. The van der Waals surface area contributed by atoms with Crippen molar-refractivity contribution < 1.29 is 23.5 Å². The van der Waals surface area contributed by atoms with E-state index in [9.17, 15) is 14.4 Å². The third-order valence-corrected chi connectivity index (χ3v) is 5.90. The summed E-state index contributed by atoms with van der Waals surface area (Å²) >= 11 is 0. The number of hydrogen-bond acceptors (Lipinski definition) is 6. The van der Waals surface area contributed by atoms with Gasteiger partial charge in [0, 0.05) is 43.9 Å². The Hall–Kier alpha value is -3.33. The average Bonchev–Trinajstić information content (AvgIpc) is 3.36. The number of hydrogen-bond donors (Lipinski definition) is 2. The molecule has 0 unspecified atom stereocenters. The number of rotatable bonds is 10. The maximum absolute atomic E-state index is 12.6. The average molecular weight is 485 g/mol. The molecule has 2 aromatic rings. The van der Waals surface area contributed by atoms with Gasteiger partial charge in [-0.25, -0.2) is 0 Å². The lowest BCUT2D eigenvalue weighted by molar-refractivity contribution is -0.137. The number of carbonyl (C=O) groups is 3. The van der Waals surface area contributed by atoms with Gasteiger partial charge >= 0.3 is 0 Å². The summed E-state index contributed by atoms with van der Waals surface area (Å²) < 4.78 is 10.8. The van der Waals surface area contributed by atoms with Crippen LogP contribution in [0.1, 0.15) is 37.2 Å². The first-order valence-corrected chi connectivity index (χ1v) is 11.9. The maximum atomic E-state index is 12.6. The van der Waals surface area contributed by atoms with E-state index in [-0.39, 0.29) is 41.4 Å². The van der Waals surface area contributed by atoms with Crippen LogP contribution in [0.5, 0.6) is 5.75 Å². The first-order valence-electron chi connectivity index (χ1n) is 11.9. The van der Waals surface area contributed by atoms with E-state index in [1.807, 2.05) is 14.1 Å².